The third-order valence-corrected chi connectivity index (χ3v) is 5.04. The number of halogens is 2. The lowest BCUT2D eigenvalue weighted by molar-refractivity contribution is 0.251. The highest BCUT2D eigenvalue weighted by Gasteiger charge is 2.18. The van der Waals surface area contributed by atoms with Gasteiger partial charge in [-0.05, 0) is 31.0 Å². The first-order chi connectivity index (χ1) is 12.5. The Bertz CT molecular complexity index is 847. The van der Waals surface area contributed by atoms with Gasteiger partial charge in [0.05, 0.1) is 22.7 Å². The smallest absolute Gasteiger partial charge is 0.319 e. The average molecular weight is 395 g/mol. The van der Waals surface area contributed by atoms with Gasteiger partial charge >= 0.3 is 6.03 Å². The molecular weight excluding hydrogens is 375 g/mol. The highest BCUT2D eigenvalue weighted by Crippen LogP contribution is 2.32. The monoisotopic (exact) mass is 394 g/mol. The number of hydrogen-bond acceptors (Lipinski definition) is 3. The number of aromatic nitrogens is 2. The van der Waals surface area contributed by atoms with Crippen LogP contribution in [0.4, 0.5) is 10.5 Å². The number of anilines is 1. The molecule has 1 saturated carbocycles. The summed E-state index contributed by atoms with van der Waals surface area (Å²) >= 11 is 11.8. The number of carbonyl (C=O) groups excluding carboxylic acids is 1. The molecule has 0 atom stereocenters. The zero-order chi connectivity index (χ0) is 18.5. The number of nitrogens with zero attached hydrogens (tertiary/aromatic N) is 2. The molecule has 0 unspecified atom stereocenters. The molecule has 138 valence electrons. The molecule has 2 amide bonds. The fraction of sp³-hybridized carbons (Fsp3) is 0.389. The van der Waals surface area contributed by atoms with E-state index in [-0.39, 0.29) is 5.56 Å². The van der Waals surface area contributed by atoms with Gasteiger partial charge in [-0.1, -0.05) is 36.0 Å². The Morgan fingerprint density at radius 3 is 2.69 bits per heavy atom. The maximum Gasteiger partial charge on any atom is 0.319 e. The summed E-state index contributed by atoms with van der Waals surface area (Å²) < 4.78 is 1.49. The van der Waals surface area contributed by atoms with Gasteiger partial charge in [0.25, 0.3) is 5.56 Å². The highest BCUT2D eigenvalue weighted by atomic mass is 35.5. The van der Waals surface area contributed by atoms with Crippen molar-refractivity contribution in [3.05, 3.63) is 56.7 Å². The quantitative estimate of drug-likeness (QED) is 0.803. The zero-order valence-electron chi connectivity index (χ0n) is 14.2. The molecule has 1 aromatic carbocycles. The predicted octanol–water partition coefficient (Wildman–Crippen LogP) is 4.03. The molecular formula is C18H20Cl2N4O2. The SMILES string of the molecule is O=C(NCCn1cnc(C2CCCC2)cc1=O)Nc1ccc(Cl)cc1Cl. The van der Waals surface area contributed by atoms with E-state index in [2.05, 4.69) is 15.6 Å². The van der Waals surface area contributed by atoms with Crippen LogP contribution >= 0.6 is 23.2 Å². The molecule has 1 aliphatic rings. The maximum atomic E-state index is 12.2. The lowest BCUT2D eigenvalue weighted by Crippen LogP contribution is -2.34. The van der Waals surface area contributed by atoms with Gasteiger partial charge in [-0.2, -0.15) is 0 Å². The second-order valence-electron chi connectivity index (χ2n) is 6.33. The largest absolute Gasteiger partial charge is 0.336 e. The van der Waals surface area contributed by atoms with Gasteiger partial charge in [0.15, 0.2) is 0 Å². The first kappa shape index (κ1) is 18.7. The van der Waals surface area contributed by atoms with E-state index in [0.717, 1.165) is 18.5 Å². The number of hydrogen-bond donors (Lipinski definition) is 2. The third-order valence-electron chi connectivity index (χ3n) is 4.49. The van der Waals surface area contributed by atoms with Crippen molar-refractivity contribution in [2.45, 2.75) is 38.1 Å². The van der Waals surface area contributed by atoms with Crippen LogP contribution in [0.25, 0.3) is 0 Å². The van der Waals surface area contributed by atoms with E-state index in [9.17, 15) is 9.59 Å². The third kappa shape index (κ3) is 4.77. The molecule has 2 N–H and O–H groups in total. The van der Waals surface area contributed by atoms with Crippen LogP contribution in [-0.2, 0) is 6.54 Å². The van der Waals surface area contributed by atoms with Gasteiger partial charge in [-0.3, -0.25) is 9.36 Å². The molecule has 2 aromatic rings. The zero-order valence-corrected chi connectivity index (χ0v) is 15.7. The van der Waals surface area contributed by atoms with Crippen molar-refractivity contribution in [1.82, 2.24) is 14.9 Å². The lowest BCUT2D eigenvalue weighted by atomic mass is 10.0. The molecule has 8 heteroatoms. The van der Waals surface area contributed by atoms with E-state index in [1.54, 1.807) is 30.6 Å². The minimum atomic E-state index is -0.405. The molecule has 1 heterocycles. The van der Waals surface area contributed by atoms with Crippen LogP contribution in [0.5, 0.6) is 0 Å². The van der Waals surface area contributed by atoms with E-state index in [0.29, 0.717) is 34.7 Å². The Labute approximate surface area is 161 Å². The first-order valence-corrected chi connectivity index (χ1v) is 9.35. The number of urea groups is 1. The van der Waals surface area contributed by atoms with Crippen LogP contribution in [0.2, 0.25) is 10.0 Å². The number of nitrogens with one attached hydrogen (secondary N) is 2. The summed E-state index contributed by atoms with van der Waals surface area (Å²) in [5.41, 5.74) is 1.25. The molecule has 0 bridgehead atoms. The van der Waals surface area contributed by atoms with E-state index < -0.39 is 6.03 Å². The van der Waals surface area contributed by atoms with Crippen molar-refractivity contribution in [2.24, 2.45) is 0 Å². The molecule has 0 aliphatic heterocycles. The first-order valence-electron chi connectivity index (χ1n) is 8.59. The fourth-order valence-corrected chi connectivity index (χ4v) is 3.56. The Morgan fingerprint density at radius 2 is 2.00 bits per heavy atom. The summed E-state index contributed by atoms with van der Waals surface area (Å²) in [7, 11) is 0. The van der Waals surface area contributed by atoms with Crippen molar-refractivity contribution in [2.75, 3.05) is 11.9 Å². The minimum absolute atomic E-state index is 0.0927. The van der Waals surface area contributed by atoms with Crippen molar-refractivity contribution < 1.29 is 4.79 Å². The topological polar surface area (TPSA) is 76.0 Å². The maximum absolute atomic E-state index is 12.2. The summed E-state index contributed by atoms with van der Waals surface area (Å²) in [5.74, 6) is 0.408. The van der Waals surface area contributed by atoms with E-state index >= 15 is 0 Å². The number of rotatable bonds is 5. The summed E-state index contributed by atoms with van der Waals surface area (Å²) in [5, 5.41) is 6.18. The number of carbonyl (C=O) groups is 1. The van der Waals surface area contributed by atoms with Gasteiger partial charge in [0.1, 0.15) is 0 Å². The second kappa shape index (κ2) is 8.56. The Balaban J connectivity index is 1.51. The molecule has 1 fully saturated rings. The second-order valence-corrected chi connectivity index (χ2v) is 7.18. The summed E-state index contributed by atoms with van der Waals surface area (Å²) in [6.45, 7) is 0.639. The van der Waals surface area contributed by atoms with Crippen LogP contribution in [0.1, 0.15) is 37.3 Å². The van der Waals surface area contributed by atoms with Gasteiger partial charge in [0, 0.05) is 30.1 Å². The average Bonchev–Trinajstić information content (AvgIpc) is 3.13. The molecule has 6 nitrogen and oxygen atoms in total. The van der Waals surface area contributed by atoms with Crippen LogP contribution in [0, 0.1) is 0 Å². The normalized spacial score (nSPS) is 14.4. The number of amides is 2. The van der Waals surface area contributed by atoms with Crippen LogP contribution < -0.4 is 16.2 Å². The van der Waals surface area contributed by atoms with Crippen LogP contribution in [0.3, 0.4) is 0 Å². The van der Waals surface area contributed by atoms with Gasteiger partial charge in [-0.25, -0.2) is 9.78 Å². The van der Waals surface area contributed by atoms with Gasteiger partial charge in [0.2, 0.25) is 0 Å². The summed E-state index contributed by atoms with van der Waals surface area (Å²) in [4.78, 5) is 28.6. The summed E-state index contributed by atoms with van der Waals surface area (Å²) in [6.07, 6.45) is 6.17. The van der Waals surface area contributed by atoms with E-state index in [1.165, 1.54) is 17.4 Å². The molecule has 0 spiro atoms. The molecule has 0 radical (unpaired) electrons. The lowest BCUT2D eigenvalue weighted by Gasteiger charge is -2.12. The Morgan fingerprint density at radius 1 is 1.23 bits per heavy atom. The predicted molar refractivity (Wildman–Crippen MR) is 103 cm³/mol. The van der Waals surface area contributed by atoms with Crippen LogP contribution in [-0.4, -0.2) is 22.1 Å². The van der Waals surface area contributed by atoms with Crippen molar-refractivity contribution in [1.29, 1.82) is 0 Å². The Kier molecular flexibility index (Phi) is 6.16. The van der Waals surface area contributed by atoms with E-state index in [4.69, 9.17) is 23.2 Å². The van der Waals surface area contributed by atoms with Crippen molar-refractivity contribution in [3.63, 3.8) is 0 Å². The van der Waals surface area contributed by atoms with Gasteiger partial charge < -0.3 is 10.6 Å². The minimum Gasteiger partial charge on any atom is -0.336 e. The summed E-state index contributed by atoms with van der Waals surface area (Å²) in [6, 6.07) is 6.03. The van der Waals surface area contributed by atoms with Crippen molar-refractivity contribution in [3.8, 4) is 0 Å². The molecule has 1 aromatic heterocycles. The molecule has 26 heavy (non-hydrogen) atoms. The van der Waals surface area contributed by atoms with E-state index in [1.807, 2.05) is 0 Å². The number of benzene rings is 1. The van der Waals surface area contributed by atoms with Crippen molar-refractivity contribution >= 4 is 34.9 Å². The van der Waals surface area contributed by atoms with Crippen LogP contribution in [0.15, 0.2) is 35.4 Å². The standard InChI is InChI=1S/C18H20Cl2N4O2/c19-13-5-6-15(14(20)9-13)23-18(26)21-7-8-24-11-22-16(10-17(24)25)12-3-1-2-4-12/h5-6,9-12H,1-4,7-8H2,(H2,21,23,26). The molecule has 3 rings (SSSR count). The fourth-order valence-electron chi connectivity index (χ4n) is 3.10. The molecule has 1 aliphatic carbocycles. The molecule has 0 saturated heterocycles. The van der Waals surface area contributed by atoms with Gasteiger partial charge in [-0.15, -0.1) is 0 Å². The highest BCUT2D eigenvalue weighted by molar-refractivity contribution is 6.36. The Hall–Kier alpha value is -2.05.